The predicted molar refractivity (Wildman–Crippen MR) is 69.3 cm³/mol. The molecule has 1 amide bonds. The lowest BCUT2D eigenvalue weighted by Crippen LogP contribution is -2.44. The van der Waals surface area contributed by atoms with Crippen LogP contribution >= 0.6 is 0 Å². The first-order chi connectivity index (χ1) is 8.52. The summed E-state index contributed by atoms with van der Waals surface area (Å²) in [7, 11) is 0. The molecule has 1 aliphatic rings. The summed E-state index contributed by atoms with van der Waals surface area (Å²) in [5.41, 5.74) is -0.729. The van der Waals surface area contributed by atoms with Crippen molar-refractivity contribution in [2.45, 2.75) is 39.5 Å². The van der Waals surface area contributed by atoms with Gasteiger partial charge in [-0.15, -0.1) is 0 Å². The van der Waals surface area contributed by atoms with Crippen LogP contribution in [0.1, 0.15) is 39.5 Å². The van der Waals surface area contributed by atoms with Crippen LogP contribution in [0.2, 0.25) is 0 Å². The molecule has 1 saturated carbocycles. The number of carboxylic acids is 1. The molecule has 1 aliphatic carbocycles. The minimum Gasteiger partial charge on any atom is -0.481 e. The third kappa shape index (κ3) is 3.70. The fourth-order valence-electron chi connectivity index (χ4n) is 2.40. The van der Waals surface area contributed by atoms with Crippen molar-refractivity contribution >= 4 is 11.9 Å². The standard InChI is InChI=1S/C13H24N2O3/c1-3-14-8-10(2)11(16)15-9-13(12(17)18)6-4-5-7-13/h10,14H,3-9H2,1-2H3,(H,15,16)(H,17,18). The van der Waals surface area contributed by atoms with Gasteiger partial charge in [0.05, 0.1) is 5.41 Å². The molecule has 5 heteroatoms. The van der Waals surface area contributed by atoms with E-state index in [4.69, 9.17) is 0 Å². The van der Waals surface area contributed by atoms with Gasteiger partial charge in [-0.2, -0.15) is 0 Å². The Kier molecular flexibility index (Phi) is 5.59. The lowest BCUT2D eigenvalue weighted by atomic mass is 9.86. The van der Waals surface area contributed by atoms with Crippen LogP contribution < -0.4 is 10.6 Å². The Morgan fingerprint density at radius 2 is 1.94 bits per heavy atom. The second-order valence-electron chi connectivity index (χ2n) is 5.22. The molecule has 0 spiro atoms. The maximum atomic E-state index is 11.8. The molecule has 0 aromatic rings. The predicted octanol–water partition coefficient (Wildman–Crippen LogP) is 0.993. The Balaban J connectivity index is 2.43. The van der Waals surface area contributed by atoms with Crippen molar-refractivity contribution in [1.82, 2.24) is 10.6 Å². The van der Waals surface area contributed by atoms with E-state index in [2.05, 4.69) is 10.6 Å². The molecule has 0 radical (unpaired) electrons. The molecule has 0 aromatic heterocycles. The third-order valence-electron chi connectivity index (χ3n) is 3.76. The normalized spacial score (nSPS) is 19.4. The van der Waals surface area contributed by atoms with Crippen LogP contribution in [-0.4, -0.2) is 36.6 Å². The van der Waals surface area contributed by atoms with Crippen molar-refractivity contribution in [3.05, 3.63) is 0 Å². The van der Waals surface area contributed by atoms with Gasteiger partial charge in [-0.05, 0) is 19.4 Å². The maximum absolute atomic E-state index is 11.8. The molecule has 0 aliphatic heterocycles. The van der Waals surface area contributed by atoms with Crippen LogP contribution in [0.15, 0.2) is 0 Å². The molecule has 18 heavy (non-hydrogen) atoms. The molecule has 104 valence electrons. The molecule has 0 bridgehead atoms. The highest BCUT2D eigenvalue weighted by atomic mass is 16.4. The summed E-state index contributed by atoms with van der Waals surface area (Å²) in [6.07, 6.45) is 3.22. The fourth-order valence-corrected chi connectivity index (χ4v) is 2.40. The van der Waals surface area contributed by atoms with E-state index in [-0.39, 0.29) is 18.4 Å². The first-order valence-electron chi connectivity index (χ1n) is 6.73. The van der Waals surface area contributed by atoms with Crippen LogP contribution in [0.25, 0.3) is 0 Å². The number of carbonyl (C=O) groups excluding carboxylic acids is 1. The van der Waals surface area contributed by atoms with Crippen LogP contribution in [0, 0.1) is 11.3 Å². The molecule has 1 fully saturated rings. The topological polar surface area (TPSA) is 78.4 Å². The second-order valence-corrected chi connectivity index (χ2v) is 5.22. The average Bonchev–Trinajstić information content (AvgIpc) is 2.83. The number of carbonyl (C=O) groups is 2. The smallest absolute Gasteiger partial charge is 0.311 e. The number of carboxylic acid groups (broad SMARTS) is 1. The molecule has 0 heterocycles. The van der Waals surface area contributed by atoms with Gasteiger partial charge < -0.3 is 15.7 Å². The zero-order valence-corrected chi connectivity index (χ0v) is 11.3. The SMILES string of the molecule is CCNCC(C)C(=O)NCC1(C(=O)O)CCCC1. The number of nitrogens with one attached hydrogen (secondary N) is 2. The summed E-state index contributed by atoms with van der Waals surface area (Å²) in [6.45, 7) is 5.55. The Hall–Kier alpha value is -1.10. The lowest BCUT2D eigenvalue weighted by Gasteiger charge is -2.25. The molecule has 1 rings (SSSR count). The molecule has 1 unspecified atom stereocenters. The Morgan fingerprint density at radius 3 is 2.44 bits per heavy atom. The van der Waals surface area contributed by atoms with E-state index in [1.54, 1.807) is 0 Å². The largest absolute Gasteiger partial charge is 0.481 e. The van der Waals surface area contributed by atoms with E-state index >= 15 is 0 Å². The first kappa shape index (κ1) is 15.0. The van der Waals surface area contributed by atoms with Crippen LogP contribution in [0.3, 0.4) is 0 Å². The van der Waals surface area contributed by atoms with E-state index in [0.29, 0.717) is 19.4 Å². The van der Waals surface area contributed by atoms with E-state index in [9.17, 15) is 14.7 Å². The summed E-state index contributed by atoms with van der Waals surface area (Å²) < 4.78 is 0. The summed E-state index contributed by atoms with van der Waals surface area (Å²) in [5.74, 6) is -0.972. The quantitative estimate of drug-likeness (QED) is 0.635. The maximum Gasteiger partial charge on any atom is 0.311 e. The summed E-state index contributed by atoms with van der Waals surface area (Å²) in [6, 6.07) is 0. The summed E-state index contributed by atoms with van der Waals surface area (Å²) in [4.78, 5) is 23.1. The monoisotopic (exact) mass is 256 g/mol. The van der Waals surface area contributed by atoms with Crippen molar-refractivity contribution in [3.63, 3.8) is 0 Å². The molecule has 5 nitrogen and oxygen atoms in total. The molecule has 0 saturated heterocycles. The molecule has 3 N–H and O–H groups in total. The molecular weight excluding hydrogens is 232 g/mol. The van der Waals surface area contributed by atoms with E-state index in [0.717, 1.165) is 19.4 Å². The highest BCUT2D eigenvalue weighted by molar-refractivity contribution is 5.80. The van der Waals surface area contributed by atoms with Crippen molar-refractivity contribution < 1.29 is 14.7 Å². The Bertz CT molecular complexity index is 299. The van der Waals surface area contributed by atoms with Gasteiger partial charge in [0.15, 0.2) is 0 Å². The number of hydrogen-bond acceptors (Lipinski definition) is 3. The number of hydrogen-bond donors (Lipinski definition) is 3. The number of rotatable bonds is 7. The van der Waals surface area contributed by atoms with Crippen molar-refractivity contribution in [1.29, 1.82) is 0 Å². The minimum atomic E-state index is -0.778. The first-order valence-corrected chi connectivity index (χ1v) is 6.73. The van der Waals surface area contributed by atoms with Crippen molar-refractivity contribution in [2.75, 3.05) is 19.6 Å². The Morgan fingerprint density at radius 1 is 1.33 bits per heavy atom. The zero-order valence-electron chi connectivity index (χ0n) is 11.3. The zero-order chi connectivity index (χ0) is 13.6. The van der Waals surface area contributed by atoms with Gasteiger partial charge in [0, 0.05) is 19.0 Å². The van der Waals surface area contributed by atoms with Crippen LogP contribution in [-0.2, 0) is 9.59 Å². The molecule has 0 aromatic carbocycles. The highest BCUT2D eigenvalue weighted by Crippen LogP contribution is 2.37. The van der Waals surface area contributed by atoms with Crippen molar-refractivity contribution in [2.24, 2.45) is 11.3 Å². The minimum absolute atomic E-state index is 0.0662. The molecule has 1 atom stereocenters. The van der Waals surface area contributed by atoms with Gasteiger partial charge >= 0.3 is 5.97 Å². The van der Waals surface area contributed by atoms with E-state index < -0.39 is 11.4 Å². The van der Waals surface area contributed by atoms with E-state index in [1.807, 2.05) is 13.8 Å². The van der Waals surface area contributed by atoms with Gasteiger partial charge in [0.2, 0.25) is 5.91 Å². The van der Waals surface area contributed by atoms with E-state index in [1.165, 1.54) is 0 Å². The number of aliphatic carboxylic acids is 1. The number of amides is 1. The Labute approximate surface area is 108 Å². The second kappa shape index (κ2) is 6.73. The summed E-state index contributed by atoms with van der Waals surface area (Å²) >= 11 is 0. The third-order valence-corrected chi connectivity index (χ3v) is 3.76. The average molecular weight is 256 g/mol. The van der Waals surface area contributed by atoms with Gasteiger partial charge in [-0.1, -0.05) is 26.7 Å². The van der Waals surface area contributed by atoms with Gasteiger partial charge in [-0.3, -0.25) is 9.59 Å². The molecular formula is C13H24N2O3. The van der Waals surface area contributed by atoms with Gasteiger partial charge in [-0.25, -0.2) is 0 Å². The summed E-state index contributed by atoms with van der Waals surface area (Å²) in [5, 5.41) is 15.2. The highest BCUT2D eigenvalue weighted by Gasteiger charge is 2.41. The van der Waals surface area contributed by atoms with Crippen LogP contribution in [0.5, 0.6) is 0 Å². The fraction of sp³-hybridized carbons (Fsp3) is 0.846. The van der Waals surface area contributed by atoms with Gasteiger partial charge in [0.25, 0.3) is 0 Å². The van der Waals surface area contributed by atoms with Crippen molar-refractivity contribution in [3.8, 4) is 0 Å². The lowest BCUT2D eigenvalue weighted by molar-refractivity contribution is -0.148. The van der Waals surface area contributed by atoms with Crippen LogP contribution in [0.4, 0.5) is 0 Å². The van der Waals surface area contributed by atoms with Gasteiger partial charge in [0.1, 0.15) is 0 Å².